The summed E-state index contributed by atoms with van der Waals surface area (Å²) in [5.41, 5.74) is 0. The molecule has 38 valence electrons. The topological polar surface area (TPSA) is 0 Å². The van der Waals surface area contributed by atoms with E-state index in [1.807, 2.05) is 0 Å². The van der Waals surface area contributed by atoms with Crippen molar-refractivity contribution in [3.63, 3.8) is 0 Å². The van der Waals surface area contributed by atoms with Gasteiger partial charge in [0.15, 0.2) is 0 Å². The molecule has 0 saturated carbocycles. The van der Waals surface area contributed by atoms with Gasteiger partial charge in [0.2, 0.25) is 0 Å². The molecule has 0 radical (unpaired) electrons. The van der Waals surface area contributed by atoms with Crippen molar-refractivity contribution in [2.75, 3.05) is 0 Å². The fraction of sp³-hybridized carbons (Fsp3) is 1.00. The van der Waals surface area contributed by atoms with Gasteiger partial charge in [-0.3, -0.25) is 0 Å². The minimum atomic E-state index is 0. The summed E-state index contributed by atoms with van der Waals surface area (Å²) in [6.07, 6.45) is 5.54. The van der Waals surface area contributed by atoms with E-state index in [0.29, 0.717) is 0 Å². The van der Waals surface area contributed by atoms with Crippen LogP contribution in [0.4, 0.5) is 0 Å². The summed E-state index contributed by atoms with van der Waals surface area (Å²) in [4.78, 5) is 0. The maximum Gasteiger partial charge on any atom is 0.101 e. The van der Waals surface area contributed by atoms with E-state index in [4.69, 9.17) is 0 Å². The van der Waals surface area contributed by atoms with Crippen LogP contribution in [0.15, 0.2) is 0 Å². The van der Waals surface area contributed by atoms with Gasteiger partial charge in [0.05, 0.1) is 0 Å². The zero-order valence-electron chi connectivity index (χ0n) is 4.83. The van der Waals surface area contributed by atoms with E-state index in [9.17, 15) is 0 Å². The Kier molecular flexibility index (Phi) is 5.12. The standard InChI is InChI=1S/C5H13B.H2/c1-2-3-4-5-6;/h2-6H2,1H3;1H. The molecular formula is C5H15B. The van der Waals surface area contributed by atoms with E-state index < -0.39 is 0 Å². The first kappa shape index (κ1) is 6.06. The third-order valence-corrected chi connectivity index (χ3v) is 0.957. The number of unbranched alkanes of at least 4 members (excludes halogenated alkanes) is 2. The Morgan fingerprint density at radius 3 is 2.33 bits per heavy atom. The van der Waals surface area contributed by atoms with Gasteiger partial charge in [0, 0.05) is 1.43 Å². The Morgan fingerprint density at radius 2 is 2.17 bits per heavy atom. The molecule has 0 aliphatic heterocycles. The Labute approximate surface area is 42.8 Å². The van der Waals surface area contributed by atoms with Crippen LogP contribution in [0, 0.1) is 0 Å². The lowest BCUT2D eigenvalue weighted by molar-refractivity contribution is 0.771. The minimum Gasteiger partial charge on any atom is -0.0811 e. The Hall–Kier alpha value is 0.0649. The SMILES string of the molecule is BCCCCC.[HH]. The molecular weight excluding hydrogens is 70.9 g/mol. The summed E-state index contributed by atoms with van der Waals surface area (Å²) in [5, 5.41) is 0. The summed E-state index contributed by atoms with van der Waals surface area (Å²) in [6.45, 7) is 2.23. The number of hydrogen-bond donors (Lipinski definition) is 0. The molecule has 0 aliphatic carbocycles. The molecule has 0 aromatic carbocycles. The van der Waals surface area contributed by atoms with E-state index in [1.54, 1.807) is 0 Å². The van der Waals surface area contributed by atoms with Crippen LogP contribution in [0.3, 0.4) is 0 Å². The van der Waals surface area contributed by atoms with E-state index in [0.717, 1.165) is 0 Å². The molecule has 6 heavy (non-hydrogen) atoms. The summed E-state index contributed by atoms with van der Waals surface area (Å²) >= 11 is 0. The van der Waals surface area contributed by atoms with Crippen molar-refractivity contribution in [3.05, 3.63) is 0 Å². The third-order valence-electron chi connectivity index (χ3n) is 0.957. The van der Waals surface area contributed by atoms with E-state index in [2.05, 4.69) is 14.8 Å². The van der Waals surface area contributed by atoms with Gasteiger partial charge in [-0.1, -0.05) is 32.5 Å². The highest BCUT2D eigenvalue weighted by molar-refractivity contribution is 6.08. The van der Waals surface area contributed by atoms with Gasteiger partial charge in [-0.15, -0.1) is 0 Å². The largest absolute Gasteiger partial charge is 0.101 e. The van der Waals surface area contributed by atoms with Crippen LogP contribution in [-0.2, 0) is 0 Å². The second kappa shape index (κ2) is 5.06. The summed E-state index contributed by atoms with van der Waals surface area (Å²) < 4.78 is 0. The van der Waals surface area contributed by atoms with Crippen molar-refractivity contribution >= 4 is 7.85 Å². The molecule has 0 bridgehead atoms. The molecule has 0 atom stereocenters. The van der Waals surface area contributed by atoms with Crippen molar-refractivity contribution in [1.29, 1.82) is 0 Å². The fourth-order valence-corrected chi connectivity index (χ4v) is 0.500. The molecule has 0 amide bonds. The maximum absolute atomic E-state index is 2.23. The Balaban J connectivity index is 0. The van der Waals surface area contributed by atoms with Crippen molar-refractivity contribution < 1.29 is 1.43 Å². The van der Waals surface area contributed by atoms with Crippen LogP contribution >= 0.6 is 0 Å². The fourth-order valence-electron chi connectivity index (χ4n) is 0.500. The van der Waals surface area contributed by atoms with E-state index in [1.165, 1.54) is 25.6 Å². The molecule has 0 aromatic heterocycles. The second-order valence-corrected chi connectivity index (χ2v) is 1.71. The van der Waals surface area contributed by atoms with Crippen LogP contribution in [0.5, 0.6) is 0 Å². The molecule has 0 unspecified atom stereocenters. The molecule has 0 heterocycles. The van der Waals surface area contributed by atoms with Crippen molar-refractivity contribution in [2.24, 2.45) is 0 Å². The molecule has 1 heteroatoms. The zero-order chi connectivity index (χ0) is 4.83. The number of hydrogen-bond acceptors (Lipinski definition) is 0. The van der Waals surface area contributed by atoms with Gasteiger partial charge in [-0.2, -0.15) is 0 Å². The predicted molar refractivity (Wildman–Crippen MR) is 35.0 cm³/mol. The molecule has 0 saturated heterocycles. The Bertz CT molecular complexity index is 20.0. The molecule has 0 N–H and O–H groups in total. The van der Waals surface area contributed by atoms with E-state index in [-0.39, 0.29) is 1.43 Å². The normalized spacial score (nSPS) is 8.83. The van der Waals surface area contributed by atoms with Gasteiger partial charge in [-0.05, 0) is 0 Å². The van der Waals surface area contributed by atoms with Gasteiger partial charge in [0.25, 0.3) is 0 Å². The monoisotopic (exact) mass is 86.1 g/mol. The maximum atomic E-state index is 2.23. The summed E-state index contributed by atoms with van der Waals surface area (Å²) in [6, 6.07) is 0. The Morgan fingerprint density at radius 1 is 1.50 bits per heavy atom. The second-order valence-electron chi connectivity index (χ2n) is 1.71. The minimum absolute atomic E-state index is 0. The smallest absolute Gasteiger partial charge is 0.0811 e. The van der Waals surface area contributed by atoms with Crippen molar-refractivity contribution in [3.8, 4) is 0 Å². The lowest BCUT2D eigenvalue weighted by atomic mass is 10.00. The van der Waals surface area contributed by atoms with Crippen LogP contribution < -0.4 is 0 Å². The average Bonchev–Trinajstić information content (AvgIpc) is 1.61. The van der Waals surface area contributed by atoms with Crippen LogP contribution in [0.25, 0.3) is 0 Å². The lowest BCUT2D eigenvalue weighted by Crippen LogP contribution is -1.69. The third kappa shape index (κ3) is 4.06. The quantitative estimate of drug-likeness (QED) is 0.360. The molecule has 0 aliphatic rings. The molecule has 0 aromatic rings. The predicted octanol–water partition coefficient (Wildman–Crippen LogP) is 1.47. The van der Waals surface area contributed by atoms with Crippen LogP contribution in [0.1, 0.15) is 27.6 Å². The highest BCUT2D eigenvalue weighted by Crippen LogP contribution is 1.94. The molecule has 0 fully saturated rings. The van der Waals surface area contributed by atoms with Gasteiger partial charge >= 0.3 is 0 Å². The summed E-state index contributed by atoms with van der Waals surface area (Å²) in [5.74, 6) is 0. The first-order valence-electron chi connectivity index (χ1n) is 2.91. The van der Waals surface area contributed by atoms with Crippen molar-refractivity contribution in [2.45, 2.75) is 32.5 Å². The molecule has 0 spiro atoms. The molecule has 0 nitrogen and oxygen atoms in total. The molecule has 0 rings (SSSR count). The average molecular weight is 86.0 g/mol. The zero-order valence-corrected chi connectivity index (χ0v) is 4.83. The van der Waals surface area contributed by atoms with E-state index >= 15 is 0 Å². The van der Waals surface area contributed by atoms with Gasteiger partial charge in [-0.25, -0.2) is 0 Å². The van der Waals surface area contributed by atoms with Gasteiger partial charge < -0.3 is 0 Å². The first-order chi connectivity index (χ1) is 2.91. The van der Waals surface area contributed by atoms with Crippen LogP contribution in [-0.4, -0.2) is 7.85 Å². The summed E-state index contributed by atoms with van der Waals surface area (Å²) in [7, 11) is 2.23. The first-order valence-corrected chi connectivity index (χ1v) is 2.91. The lowest BCUT2D eigenvalue weighted by Gasteiger charge is -1.86. The van der Waals surface area contributed by atoms with Gasteiger partial charge in [0.1, 0.15) is 7.85 Å². The number of rotatable bonds is 3. The highest BCUT2D eigenvalue weighted by atomic mass is 13.8. The highest BCUT2D eigenvalue weighted by Gasteiger charge is 1.75. The van der Waals surface area contributed by atoms with Crippen LogP contribution in [0.2, 0.25) is 6.32 Å². The van der Waals surface area contributed by atoms with Crippen molar-refractivity contribution in [1.82, 2.24) is 0 Å².